The highest BCUT2D eigenvalue weighted by Gasteiger charge is 2.18. The van der Waals surface area contributed by atoms with Gasteiger partial charge in [-0.05, 0) is 44.4 Å². The summed E-state index contributed by atoms with van der Waals surface area (Å²) in [5.41, 5.74) is 1.42. The summed E-state index contributed by atoms with van der Waals surface area (Å²) in [6.07, 6.45) is 2.35. The molecule has 1 aliphatic heterocycles. The molecule has 0 atom stereocenters. The Morgan fingerprint density at radius 1 is 1.15 bits per heavy atom. The molecule has 3 rings (SSSR count). The van der Waals surface area contributed by atoms with Crippen LogP contribution in [-0.4, -0.2) is 44.6 Å². The third-order valence-electron chi connectivity index (χ3n) is 4.48. The van der Waals surface area contributed by atoms with E-state index in [1.165, 1.54) is 12.8 Å². The molecule has 27 heavy (non-hydrogen) atoms. The number of anilines is 2. The first kappa shape index (κ1) is 19.9. The molecule has 0 saturated carbocycles. The molecule has 1 aromatic heterocycles. The lowest BCUT2D eigenvalue weighted by Gasteiger charge is -2.17. The maximum atomic E-state index is 12.5. The van der Waals surface area contributed by atoms with Gasteiger partial charge in [0, 0.05) is 43.0 Å². The summed E-state index contributed by atoms with van der Waals surface area (Å²) in [6, 6.07) is 6.82. The SMILES string of the molecule is Cc1cc(N2CCCC2)nc(NCCNS(=O)(=O)c2cccc(Cl)c2C)n1. The molecule has 1 aromatic carbocycles. The molecule has 2 N–H and O–H groups in total. The molecule has 0 amide bonds. The number of benzene rings is 1. The smallest absolute Gasteiger partial charge is 0.240 e. The summed E-state index contributed by atoms with van der Waals surface area (Å²) in [4.78, 5) is 11.4. The highest BCUT2D eigenvalue weighted by Crippen LogP contribution is 2.22. The van der Waals surface area contributed by atoms with Crippen LogP contribution in [0.3, 0.4) is 0 Å². The molecule has 0 unspecified atom stereocenters. The first-order valence-electron chi connectivity index (χ1n) is 8.96. The van der Waals surface area contributed by atoms with Crippen LogP contribution in [0.25, 0.3) is 0 Å². The zero-order chi connectivity index (χ0) is 19.4. The number of nitrogens with zero attached hydrogens (tertiary/aromatic N) is 3. The van der Waals surface area contributed by atoms with Crippen molar-refractivity contribution in [1.29, 1.82) is 0 Å². The molecule has 146 valence electrons. The van der Waals surface area contributed by atoms with Crippen LogP contribution in [0.1, 0.15) is 24.1 Å². The van der Waals surface area contributed by atoms with E-state index in [0.29, 0.717) is 23.1 Å². The Morgan fingerprint density at radius 2 is 1.89 bits per heavy atom. The zero-order valence-corrected chi connectivity index (χ0v) is 17.1. The first-order valence-corrected chi connectivity index (χ1v) is 10.8. The molecular formula is C18H24ClN5O2S. The molecule has 9 heteroatoms. The van der Waals surface area contributed by atoms with Crippen LogP contribution in [0.2, 0.25) is 5.02 Å². The number of rotatable bonds is 7. The highest BCUT2D eigenvalue weighted by atomic mass is 35.5. The summed E-state index contributed by atoms with van der Waals surface area (Å²) in [7, 11) is -3.62. The van der Waals surface area contributed by atoms with Gasteiger partial charge >= 0.3 is 0 Å². The molecule has 0 spiro atoms. The third-order valence-corrected chi connectivity index (χ3v) is 6.49. The van der Waals surface area contributed by atoms with E-state index in [1.807, 2.05) is 13.0 Å². The van der Waals surface area contributed by atoms with Gasteiger partial charge in [-0.25, -0.2) is 18.1 Å². The van der Waals surface area contributed by atoms with Gasteiger partial charge in [0.25, 0.3) is 0 Å². The van der Waals surface area contributed by atoms with Gasteiger partial charge in [0.2, 0.25) is 16.0 Å². The number of aryl methyl sites for hydroxylation is 1. The minimum atomic E-state index is -3.62. The van der Waals surface area contributed by atoms with Crippen molar-refractivity contribution in [3.63, 3.8) is 0 Å². The molecular weight excluding hydrogens is 386 g/mol. The van der Waals surface area contributed by atoms with Gasteiger partial charge in [-0.2, -0.15) is 4.98 Å². The van der Waals surface area contributed by atoms with Crippen LogP contribution in [0, 0.1) is 13.8 Å². The normalized spacial score (nSPS) is 14.6. The number of halogens is 1. The zero-order valence-electron chi connectivity index (χ0n) is 15.5. The molecule has 0 bridgehead atoms. The summed E-state index contributed by atoms with van der Waals surface area (Å²) >= 11 is 6.02. The lowest BCUT2D eigenvalue weighted by molar-refractivity contribution is 0.582. The Hall–Kier alpha value is -1.90. The largest absolute Gasteiger partial charge is 0.356 e. The van der Waals surface area contributed by atoms with Crippen LogP contribution >= 0.6 is 11.6 Å². The number of hydrogen-bond acceptors (Lipinski definition) is 6. The molecule has 0 radical (unpaired) electrons. The van der Waals surface area contributed by atoms with Gasteiger partial charge in [0.1, 0.15) is 5.82 Å². The molecule has 2 heterocycles. The van der Waals surface area contributed by atoms with Crippen molar-refractivity contribution >= 4 is 33.4 Å². The Kier molecular flexibility index (Phi) is 6.18. The molecule has 0 aliphatic carbocycles. The predicted molar refractivity (Wildman–Crippen MR) is 108 cm³/mol. The summed E-state index contributed by atoms with van der Waals surface area (Å²) in [5.74, 6) is 1.42. The average molecular weight is 410 g/mol. The quantitative estimate of drug-likeness (QED) is 0.684. The van der Waals surface area contributed by atoms with Crippen LogP contribution in [0.15, 0.2) is 29.2 Å². The van der Waals surface area contributed by atoms with Crippen molar-refractivity contribution < 1.29 is 8.42 Å². The van der Waals surface area contributed by atoms with E-state index in [4.69, 9.17) is 11.6 Å². The van der Waals surface area contributed by atoms with Gasteiger partial charge < -0.3 is 10.2 Å². The molecule has 7 nitrogen and oxygen atoms in total. The van der Waals surface area contributed by atoms with Crippen molar-refractivity contribution in [2.75, 3.05) is 36.4 Å². The van der Waals surface area contributed by atoms with Crippen molar-refractivity contribution in [2.45, 2.75) is 31.6 Å². The van der Waals surface area contributed by atoms with E-state index >= 15 is 0 Å². The standard InChI is InChI=1S/C18H24ClN5O2S/c1-13-12-17(24-10-3-4-11-24)23-18(22-13)20-8-9-21-27(25,26)16-7-5-6-15(19)14(16)2/h5-7,12,21H,3-4,8-11H2,1-2H3,(H,20,22,23). The Labute approximate surface area is 165 Å². The van der Waals surface area contributed by atoms with Crippen LogP contribution in [0.4, 0.5) is 11.8 Å². The number of nitrogens with one attached hydrogen (secondary N) is 2. The monoisotopic (exact) mass is 409 g/mol. The van der Waals surface area contributed by atoms with Crippen LogP contribution < -0.4 is 14.9 Å². The highest BCUT2D eigenvalue weighted by molar-refractivity contribution is 7.89. The second-order valence-corrected chi connectivity index (χ2v) is 8.72. The number of hydrogen-bond donors (Lipinski definition) is 2. The Balaban J connectivity index is 1.59. The van der Waals surface area contributed by atoms with Crippen molar-refractivity contribution in [3.05, 3.63) is 40.5 Å². The third kappa shape index (κ3) is 4.88. The van der Waals surface area contributed by atoms with E-state index < -0.39 is 10.0 Å². The topological polar surface area (TPSA) is 87.2 Å². The van der Waals surface area contributed by atoms with Crippen LogP contribution in [0.5, 0.6) is 0 Å². The van der Waals surface area contributed by atoms with Gasteiger partial charge in [-0.3, -0.25) is 0 Å². The van der Waals surface area contributed by atoms with Crippen molar-refractivity contribution in [1.82, 2.24) is 14.7 Å². The maximum absolute atomic E-state index is 12.5. The van der Waals surface area contributed by atoms with E-state index in [2.05, 4.69) is 24.9 Å². The van der Waals surface area contributed by atoms with E-state index in [0.717, 1.165) is 24.6 Å². The fraction of sp³-hybridized carbons (Fsp3) is 0.444. The summed E-state index contributed by atoms with van der Waals surface area (Å²) in [6.45, 7) is 6.22. The second-order valence-electron chi connectivity index (χ2n) is 6.57. The van der Waals surface area contributed by atoms with E-state index in [9.17, 15) is 8.42 Å². The van der Waals surface area contributed by atoms with Crippen molar-refractivity contribution in [2.24, 2.45) is 0 Å². The molecule has 1 fully saturated rings. The fourth-order valence-electron chi connectivity index (χ4n) is 3.06. The fourth-order valence-corrected chi connectivity index (χ4v) is 4.58. The summed E-state index contributed by atoms with van der Waals surface area (Å²) < 4.78 is 27.5. The van der Waals surface area contributed by atoms with Crippen molar-refractivity contribution in [3.8, 4) is 0 Å². The average Bonchev–Trinajstić information content (AvgIpc) is 3.15. The van der Waals surface area contributed by atoms with E-state index in [-0.39, 0.29) is 11.4 Å². The van der Waals surface area contributed by atoms with Gasteiger partial charge in [-0.1, -0.05) is 17.7 Å². The number of sulfonamides is 1. The predicted octanol–water partition coefficient (Wildman–Crippen LogP) is 2.74. The van der Waals surface area contributed by atoms with Gasteiger partial charge in [0.15, 0.2) is 0 Å². The summed E-state index contributed by atoms with van der Waals surface area (Å²) in [5, 5.41) is 3.53. The second kappa shape index (κ2) is 8.41. The minimum absolute atomic E-state index is 0.193. The lowest BCUT2D eigenvalue weighted by atomic mass is 10.2. The Morgan fingerprint density at radius 3 is 2.63 bits per heavy atom. The molecule has 1 aliphatic rings. The van der Waals surface area contributed by atoms with E-state index in [1.54, 1.807) is 25.1 Å². The first-order chi connectivity index (χ1) is 12.9. The van der Waals surface area contributed by atoms with Gasteiger partial charge in [0.05, 0.1) is 4.90 Å². The maximum Gasteiger partial charge on any atom is 0.240 e. The minimum Gasteiger partial charge on any atom is -0.356 e. The van der Waals surface area contributed by atoms with Crippen LogP contribution in [-0.2, 0) is 10.0 Å². The Bertz CT molecular complexity index is 914. The lowest BCUT2D eigenvalue weighted by Crippen LogP contribution is -2.30. The molecule has 1 saturated heterocycles. The number of aromatic nitrogens is 2. The van der Waals surface area contributed by atoms with Gasteiger partial charge in [-0.15, -0.1) is 0 Å². The molecule has 2 aromatic rings.